The number of carbonyl (C=O) groups excluding carboxylic acids is 1. The van der Waals surface area contributed by atoms with Crippen molar-refractivity contribution in [1.29, 1.82) is 0 Å². The van der Waals surface area contributed by atoms with Gasteiger partial charge in [-0.3, -0.25) is 4.79 Å². The van der Waals surface area contributed by atoms with E-state index in [-0.39, 0.29) is 11.2 Å². The summed E-state index contributed by atoms with van der Waals surface area (Å²) < 4.78 is 5.46. The molecule has 0 bridgehead atoms. The predicted octanol–water partition coefficient (Wildman–Crippen LogP) is 4.53. The van der Waals surface area contributed by atoms with E-state index in [0.29, 0.717) is 12.3 Å². The molecule has 2 heteroatoms. The monoisotopic (exact) mass is 262 g/mol. The fraction of sp³-hybridized carbons (Fsp3) is 0.588. The van der Waals surface area contributed by atoms with Gasteiger partial charge in [-0.25, -0.2) is 0 Å². The topological polar surface area (TPSA) is 26.3 Å². The summed E-state index contributed by atoms with van der Waals surface area (Å²) in [5.41, 5.74) is 2.88. The molecule has 0 aliphatic rings. The van der Waals surface area contributed by atoms with E-state index in [4.69, 9.17) is 4.74 Å². The molecule has 0 aliphatic heterocycles. The lowest BCUT2D eigenvalue weighted by Gasteiger charge is -2.24. The van der Waals surface area contributed by atoms with Crippen molar-refractivity contribution in [3.63, 3.8) is 0 Å². The third-order valence-electron chi connectivity index (χ3n) is 3.25. The van der Waals surface area contributed by atoms with Crippen LogP contribution < -0.4 is 4.74 Å². The molecule has 0 saturated heterocycles. The number of ketones is 1. The lowest BCUT2D eigenvalue weighted by Crippen LogP contribution is -2.15. The summed E-state index contributed by atoms with van der Waals surface area (Å²) in [6.07, 6.45) is 0.594. The van der Waals surface area contributed by atoms with Crippen molar-refractivity contribution >= 4 is 5.78 Å². The van der Waals surface area contributed by atoms with Crippen LogP contribution in [0.5, 0.6) is 5.75 Å². The standard InChI is InChI=1S/C17H26O2/c1-11(2)8-15(18)13-10-14(17(4,5)6)16(19-7)9-12(13)3/h9-11H,8H2,1-7H3. The van der Waals surface area contributed by atoms with E-state index in [1.54, 1.807) is 7.11 Å². The molecule has 1 rings (SSSR count). The van der Waals surface area contributed by atoms with Gasteiger partial charge in [0.1, 0.15) is 5.75 Å². The predicted molar refractivity (Wildman–Crippen MR) is 80.2 cm³/mol. The molecular formula is C17H26O2. The van der Waals surface area contributed by atoms with Crippen LogP contribution in [0.1, 0.15) is 62.5 Å². The van der Waals surface area contributed by atoms with E-state index in [1.807, 2.05) is 19.1 Å². The van der Waals surface area contributed by atoms with Crippen LogP contribution in [0, 0.1) is 12.8 Å². The minimum Gasteiger partial charge on any atom is -0.496 e. The Morgan fingerprint density at radius 1 is 1.26 bits per heavy atom. The molecule has 0 aliphatic carbocycles. The highest BCUT2D eigenvalue weighted by atomic mass is 16.5. The fourth-order valence-corrected chi connectivity index (χ4v) is 2.22. The molecule has 0 spiro atoms. The van der Waals surface area contributed by atoms with Crippen molar-refractivity contribution in [1.82, 2.24) is 0 Å². The number of hydrogen-bond donors (Lipinski definition) is 0. The minimum atomic E-state index is -0.0358. The summed E-state index contributed by atoms with van der Waals surface area (Å²) >= 11 is 0. The van der Waals surface area contributed by atoms with Gasteiger partial charge in [0.05, 0.1) is 7.11 Å². The normalized spacial score (nSPS) is 11.8. The van der Waals surface area contributed by atoms with Gasteiger partial charge in [-0.1, -0.05) is 34.6 Å². The van der Waals surface area contributed by atoms with Crippen molar-refractivity contribution in [3.05, 3.63) is 28.8 Å². The molecule has 0 unspecified atom stereocenters. The Morgan fingerprint density at radius 2 is 1.84 bits per heavy atom. The van der Waals surface area contributed by atoms with Crippen molar-refractivity contribution in [2.45, 2.75) is 53.4 Å². The Balaban J connectivity index is 3.31. The number of benzene rings is 1. The quantitative estimate of drug-likeness (QED) is 0.745. The first-order valence-electron chi connectivity index (χ1n) is 6.89. The molecule has 0 saturated carbocycles. The Hall–Kier alpha value is -1.31. The van der Waals surface area contributed by atoms with Crippen LogP contribution in [0.25, 0.3) is 0 Å². The molecule has 1 aromatic rings. The zero-order valence-electron chi connectivity index (χ0n) is 13.3. The van der Waals surface area contributed by atoms with Gasteiger partial charge in [0.2, 0.25) is 0 Å². The summed E-state index contributed by atoms with van der Waals surface area (Å²) in [5, 5.41) is 0. The number of methoxy groups -OCH3 is 1. The highest BCUT2D eigenvalue weighted by Gasteiger charge is 2.22. The van der Waals surface area contributed by atoms with Crippen molar-refractivity contribution < 1.29 is 9.53 Å². The molecule has 0 radical (unpaired) electrons. The Morgan fingerprint density at radius 3 is 2.26 bits per heavy atom. The van der Waals surface area contributed by atoms with Gasteiger partial charge in [0.25, 0.3) is 0 Å². The Kier molecular flexibility index (Phi) is 4.78. The number of carbonyl (C=O) groups is 1. The van der Waals surface area contributed by atoms with Crippen LogP contribution in [0.4, 0.5) is 0 Å². The van der Waals surface area contributed by atoms with E-state index in [1.165, 1.54) is 0 Å². The molecule has 106 valence electrons. The van der Waals surface area contributed by atoms with Crippen molar-refractivity contribution in [3.8, 4) is 5.75 Å². The Labute approximate surface area is 117 Å². The summed E-state index contributed by atoms with van der Waals surface area (Å²) in [6.45, 7) is 12.5. The minimum absolute atomic E-state index is 0.0358. The van der Waals surface area contributed by atoms with Crippen LogP contribution in [0.3, 0.4) is 0 Å². The second kappa shape index (κ2) is 5.77. The van der Waals surface area contributed by atoms with Crippen LogP contribution in [0.2, 0.25) is 0 Å². The van der Waals surface area contributed by atoms with E-state index in [2.05, 4.69) is 34.6 Å². The second-order valence-corrected chi connectivity index (χ2v) is 6.64. The first-order valence-corrected chi connectivity index (χ1v) is 6.89. The SMILES string of the molecule is COc1cc(C)c(C(=O)CC(C)C)cc1C(C)(C)C. The number of hydrogen-bond acceptors (Lipinski definition) is 2. The second-order valence-electron chi connectivity index (χ2n) is 6.64. The van der Waals surface area contributed by atoms with Gasteiger partial charge in [0.15, 0.2) is 5.78 Å². The first-order chi connectivity index (χ1) is 8.66. The third-order valence-corrected chi connectivity index (χ3v) is 3.25. The molecule has 19 heavy (non-hydrogen) atoms. The number of Topliss-reactive ketones (excluding diaryl/α,β-unsaturated/α-hetero) is 1. The van der Waals surface area contributed by atoms with Gasteiger partial charge in [-0.05, 0) is 36.0 Å². The molecule has 0 fully saturated rings. The lowest BCUT2D eigenvalue weighted by atomic mass is 9.83. The van der Waals surface area contributed by atoms with Crippen LogP contribution in [0.15, 0.2) is 12.1 Å². The van der Waals surface area contributed by atoms with E-state index < -0.39 is 0 Å². The zero-order valence-corrected chi connectivity index (χ0v) is 13.3. The summed E-state index contributed by atoms with van der Waals surface area (Å²) in [6, 6.07) is 3.99. The van der Waals surface area contributed by atoms with Gasteiger partial charge in [0, 0.05) is 17.5 Å². The van der Waals surface area contributed by atoms with Crippen LogP contribution in [-0.2, 0) is 5.41 Å². The highest BCUT2D eigenvalue weighted by Crippen LogP contribution is 2.34. The molecule has 1 aromatic carbocycles. The summed E-state index contributed by atoms with van der Waals surface area (Å²) in [7, 11) is 1.68. The average molecular weight is 262 g/mol. The molecule has 2 nitrogen and oxygen atoms in total. The molecule has 0 amide bonds. The van der Waals surface area contributed by atoms with Crippen molar-refractivity contribution in [2.75, 3.05) is 7.11 Å². The molecule has 0 atom stereocenters. The number of ether oxygens (including phenoxy) is 1. The van der Waals surface area contributed by atoms with Crippen LogP contribution >= 0.6 is 0 Å². The highest BCUT2D eigenvalue weighted by molar-refractivity contribution is 5.98. The number of rotatable bonds is 4. The summed E-state index contributed by atoms with van der Waals surface area (Å²) in [4.78, 5) is 12.3. The maximum atomic E-state index is 12.3. The molecule has 0 N–H and O–H groups in total. The fourth-order valence-electron chi connectivity index (χ4n) is 2.22. The van der Waals surface area contributed by atoms with Crippen LogP contribution in [-0.4, -0.2) is 12.9 Å². The van der Waals surface area contributed by atoms with Gasteiger partial charge < -0.3 is 4.74 Å². The number of aryl methyl sites for hydroxylation is 1. The molecular weight excluding hydrogens is 236 g/mol. The van der Waals surface area contributed by atoms with Gasteiger partial charge in [-0.15, -0.1) is 0 Å². The third kappa shape index (κ3) is 3.82. The Bertz CT molecular complexity index is 465. The zero-order chi connectivity index (χ0) is 14.8. The van der Waals surface area contributed by atoms with Gasteiger partial charge in [-0.2, -0.15) is 0 Å². The maximum Gasteiger partial charge on any atom is 0.163 e. The first kappa shape index (κ1) is 15.7. The smallest absolute Gasteiger partial charge is 0.163 e. The lowest BCUT2D eigenvalue weighted by molar-refractivity contribution is 0.0967. The molecule has 0 aromatic heterocycles. The largest absolute Gasteiger partial charge is 0.496 e. The summed E-state index contributed by atoms with van der Waals surface area (Å²) in [5.74, 6) is 1.47. The van der Waals surface area contributed by atoms with Crippen molar-refractivity contribution in [2.24, 2.45) is 5.92 Å². The maximum absolute atomic E-state index is 12.3. The van der Waals surface area contributed by atoms with E-state index >= 15 is 0 Å². The molecule has 0 heterocycles. The van der Waals surface area contributed by atoms with E-state index in [9.17, 15) is 4.79 Å². The van der Waals surface area contributed by atoms with Gasteiger partial charge >= 0.3 is 0 Å². The average Bonchev–Trinajstić information content (AvgIpc) is 2.25. The van der Waals surface area contributed by atoms with E-state index in [0.717, 1.165) is 22.4 Å².